The van der Waals surface area contributed by atoms with Crippen molar-refractivity contribution >= 4 is 5.97 Å². The normalized spacial score (nSPS) is 9.00. The molecule has 0 saturated heterocycles. The lowest BCUT2D eigenvalue weighted by Crippen LogP contribution is -3.00. The van der Waals surface area contributed by atoms with Gasteiger partial charge in [0.15, 0.2) is 11.9 Å². The van der Waals surface area contributed by atoms with Gasteiger partial charge >= 0.3 is 5.97 Å². The highest BCUT2D eigenvalue weighted by Gasteiger charge is 2.11. The number of esters is 1. The summed E-state index contributed by atoms with van der Waals surface area (Å²) >= 11 is 0. The topological polar surface area (TPSA) is 30.2 Å². The predicted molar refractivity (Wildman–Crippen MR) is 48.0 cm³/mol. The van der Waals surface area contributed by atoms with Crippen LogP contribution in [-0.2, 0) is 16.1 Å². The van der Waals surface area contributed by atoms with Crippen molar-refractivity contribution in [2.24, 2.45) is 0 Å². The molecule has 0 aromatic carbocycles. The molecule has 0 spiro atoms. The number of hydrogen-bond donors (Lipinski definition) is 0. The summed E-state index contributed by atoms with van der Waals surface area (Å²) in [6, 6.07) is 5.79. The fraction of sp³-hybridized carbons (Fsp3) is 0.400. The Morgan fingerprint density at radius 3 is 2.79 bits per heavy atom. The zero-order valence-corrected chi connectivity index (χ0v) is 9.95. The fourth-order valence-corrected chi connectivity index (χ4v) is 1.08. The first kappa shape index (κ1) is 13.1. The molecule has 0 aliphatic carbocycles. The van der Waals surface area contributed by atoms with Crippen LogP contribution in [0.2, 0.25) is 0 Å². The van der Waals surface area contributed by atoms with Gasteiger partial charge in [0.1, 0.15) is 0 Å². The molecule has 0 bridgehead atoms. The van der Waals surface area contributed by atoms with Crippen molar-refractivity contribution in [2.75, 3.05) is 6.61 Å². The number of aromatic nitrogens is 1. The summed E-state index contributed by atoms with van der Waals surface area (Å²) in [5.74, 6) is -0.193. The molecule has 0 aliphatic heterocycles. The number of pyridine rings is 1. The van der Waals surface area contributed by atoms with Crippen molar-refractivity contribution in [3.05, 3.63) is 30.1 Å². The van der Waals surface area contributed by atoms with Gasteiger partial charge in [-0.05, 0) is 6.92 Å². The van der Waals surface area contributed by atoms with Gasteiger partial charge in [0.2, 0.25) is 6.54 Å². The van der Waals surface area contributed by atoms with Crippen molar-refractivity contribution in [1.29, 1.82) is 0 Å². The maximum Gasteiger partial charge on any atom is 0.372 e. The molecule has 1 aromatic heterocycles. The molecule has 1 aromatic rings. The Kier molecular flexibility index (Phi) is 6.12. The van der Waals surface area contributed by atoms with Crippen molar-refractivity contribution < 1.29 is 31.1 Å². The fourth-order valence-electron chi connectivity index (χ4n) is 1.08. The SMILES string of the molecule is CCOC(=O)C[n+]1ccccc1C.[Br-]. The van der Waals surface area contributed by atoms with Crippen LogP contribution in [0.3, 0.4) is 0 Å². The molecular formula is C10H14BrNO2. The van der Waals surface area contributed by atoms with E-state index in [-0.39, 0.29) is 23.0 Å². The molecule has 3 nitrogen and oxygen atoms in total. The van der Waals surface area contributed by atoms with Crippen LogP contribution in [0, 0.1) is 6.92 Å². The summed E-state index contributed by atoms with van der Waals surface area (Å²) < 4.78 is 6.70. The van der Waals surface area contributed by atoms with E-state index in [4.69, 9.17) is 4.74 Å². The third-order valence-electron chi connectivity index (χ3n) is 1.77. The number of ether oxygens (including phenoxy) is 1. The second-order valence-corrected chi connectivity index (χ2v) is 2.77. The van der Waals surface area contributed by atoms with Gasteiger partial charge < -0.3 is 21.7 Å². The molecule has 0 saturated carbocycles. The van der Waals surface area contributed by atoms with Gasteiger partial charge in [0, 0.05) is 19.1 Å². The smallest absolute Gasteiger partial charge is 0.372 e. The molecule has 0 radical (unpaired) electrons. The third kappa shape index (κ3) is 3.87. The van der Waals surface area contributed by atoms with Crippen LogP contribution < -0.4 is 21.5 Å². The third-order valence-corrected chi connectivity index (χ3v) is 1.77. The van der Waals surface area contributed by atoms with E-state index in [0.29, 0.717) is 13.2 Å². The quantitative estimate of drug-likeness (QED) is 0.458. The second-order valence-electron chi connectivity index (χ2n) is 2.77. The van der Waals surface area contributed by atoms with E-state index in [1.54, 1.807) is 6.92 Å². The molecule has 0 N–H and O–H groups in total. The summed E-state index contributed by atoms with van der Waals surface area (Å²) in [5, 5.41) is 0. The van der Waals surface area contributed by atoms with Crippen LogP contribution in [0.1, 0.15) is 12.6 Å². The Bertz CT molecular complexity index is 302. The Balaban J connectivity index is 0.00000169. The molecule has 0 amide bonds. The minimum Gasteiger partial charge on any atom is -1.00 e. The minimum atomic E-state index is -0.193. The molecule has 0 aliphatic rings. The second kappa shape index (κ2) is 6.54. The summed E-state index contributed by atoms with van der Waals surface area (Å²) in [6.45, 7) is 4.49. The van der Waals surface area contributed by atoms with E-state index in [9.17, 15) is 4.79 Å². The summed E-state index contributed by atoms with van der Waals surface area (Å²) in [5.41, 5.74) is 1.05. The van der Waals surface area contributed by atoms with Gasteiger partial charge in [-0.3, -0.25) is 0 Å². The number of halogens is 1. The zero-order chi connectivity index (χ0) is 9.68. The molecule has 14 heavy (non-hydrogen) atoms. The van der Waals surface area contributed by atoms with E-state index in [0.717, 1.165) is 5.69 Å². The first-order valence-electron chi connectivity index (χ1n) is 4.34. The number of aryl methyl sites for hydroxylation is 1. The van der Waals surface area contributed by atoms with E-state index < -0.39 is 0 Å². The average molecular weight is 260 g/mol. The largest absolute Gasteiger partial charge is 1.00 e. The molecular weight excluding hydrogens is 246 g/mol. The van der Waals surface area contributed by atoms with E-state index in [1.807, 2.05) is 35.9 Å². The Morgan fingerprint density at radius 1 is 1.50 bits per heavy atom. The number of carbonyl (C=O) groups excluding carboxylic acids is 1. The highest BCUT2D eigenvalue weighted by Crippen LogP contribution is 1.88. The number of nitrogens with zero attached hydrogens (tertiary/aromatic N) is 1. The van der Waals surface area contributed by atoms with E-state index >= 15 is 0 Å². The molecule has 0 unspecified atom stereocenters. The maximum atomic E-state index is 11.1. The standard InChI is InChI=1S/C10H14NO2.BrH/c1-3-13-10(12)8-11-7-5-4-6-9(11)2;/h4-7H,3,8H2,1-2H3;1H/q+1;/p-1. The minimum absolute atomic E-state index is 0. The Labute approximate surface area is 94.5 Å². The van der Waals surface area contributed by atoms with Crippen LogP contribution in [-0.4, -0.2) is 12.6 Å². The molecule has 0 atom stereocenters. The van der Waals surface area contributed by atoms with Gasteiger partial charge in [0.05, 0.1) is 6.61 Å². The van der Waals surface area contributed by atoms with Crippen LogP contribution in [0.5, 0.6) is 0 Å². The van der Waals surface area contributed by atoms with Gasteiger partial charge in [-0.15, -0.1) is 0 Å². The van der Waals surface area contributed by atoms with Crippen LogP contribution in [0.4, 0.5) is 0 Å². The van der Waals surface area contributed by atoms with Crippen LogP contribution >= 0.6 is 0 Å². The number of carbonyl (C=O) groups is 1. The van der Waals surface area contributed by atoms with E-state index in [1.165, 1.54) is 0 Å². The predicted octanol–water partition coefficient (Wildman–Crippen LogP) is -2.15. The molecule has 1 rings (SSSR count). The molecule has 4 heteroatoms. The van der Waals surface area contributed by atoms with Crippen molar-refractivity contribution in [1.82, 2.24) is 0 Å². The van der Waals surface area contributed by atoms with Gasteiger partial charge in [-0.2, -0.15) is 4.57 Å². The van der Waals surface area contributed by atoms with Crippen LogP contribution in [0.25, 0.3) is 0 Å². The van der Waals surface area contributed by atoms with Gasteiger partial charge in [0.25, 0.3) is 0 Å². The van der Waals surface area contributed by atoms with E-state index in [2.05, 4.69) is 0 Å². The Hall–Kier alpha value is -0.900. The van der Waals surface area contributed by atoms with Crippen molar-refractivity contribution in [3.8, 4) is 0 Å². The maximum absolute atomic E-state index is 11.1. The molecule has 1 heterocycles. The first-order valence-corrected chi connectivity index (χ1v) is 4.34. The summed E-state index contributed by atoms with van der Waals surface area (Å²) in [4.78, 5) is 11.1. The summed E-state index contributed by atoms with van der Waals surface area (Å²) in [6.07, 6.45) is 1.87. The van der Waals surface area contributed by atoms with Crippen molar-refractivity contribution in [2.45, 2.75) is 20.4 Å². The lowest BCUT2D eigenvalue weighted by atomic mass is 10.3. The lowest BCUT2D eigenvalue weighted by molar-refractivity contribution is -0.691. The monoisotopic (exact) mass is 259 g/mol. The summed E-state index contributed by atoms with van der Waals surface area (Å²) in [7, 11) is 0. The average Bonchev–Trinajstić information content (AvgIpc) is 2.09. The highest BCUT2D eigenvalue weighted by atomic mass is 79.9. The first-order chi connectivity index (χ1) is 6.24. The number of rotatable bonds is 3. The van der Waals surface area contributed by atoms with Crippen LogP contribution in [0.15, 0.2) is 24.4 Å². The molecule has 0 fully saturated rings. The zero-order valence-electron chi connectivity index (χ0n) is 8.37. The highest BCUT2D eigenvalue weighted by molar-refractivity contribution is 5.67. The van der Waals surface area contributed by atoms with Gasteiger partial charge in [-0.25, -0.2) is 4.79 Å². The van der Waals surface area contributed by atoms with Gasteiger partial charge in [-0.1, -0.05) is 6.07 Å². The number of hydrogen-bond acceptors (Lipinski definition) is 2. The molecule has 78 valence electrons. The van der Waals surface area contributed by atoms with Crippen molar-refractivity contribution in [3.63, 3.8) is 0 Å². The Morgan fingerprint density at radius 2 is 2.21 bits per heavy atom. The lowest BCUT2D eigenvalue weighted by Gasteiger charge is -1.99.